The largest absolute Gasteiger partial charge is 0.478 e. The quantitative estimate of drug-likeness (QED) is 0.856. The Hall–Kier alpha value is -1.68. The topological polar surface area (TPSA) is 50.4 Å². The number of thioether (sulfide) groups is 1. The molecule has 1 N–H and O–H groups in total. The Bertz CT molecular complexity index is 686. The van der Waals surface area contributed by atoms with Crippen LogP contribution in [0.5, 0.6) is 0 Å². The van der Waals surface area contributed by atoms with Crippen molar-refractivity contribution in [1.29, 1.82) is 0 Å². The Morgan fingerprint density at radius 2 is 2.05 bits per heavy atom. The van der Waals surface area contributed by atoms with Crippen LogP contribution in [0.1, 0.15) is 58.3 Å². The molecule has 0 radical (unpaired) electrons. The van der Waals surface area contributed by atoms with E-state index in [1.807, 2.05) is 24.5 Å². The highest BCUT2D eigenvalue weighted by Crippen LogP contribution is 2.59. The predicted octanol–water partition coefficient (Wildman–Crippen LogP) is 5.10. The molecule has 114 valence electrons. The average Bonchev–Trinajstić information content (AvgIpc) is 3.25. The van der Waals surface area contributed by atoms with Gasteiger partial charge in [0, 0.05) is 21.6 Å². The molecule has 0 saturated heterocycles. The monoisotopic (exact) mass is 314 g/mol. The minimum atomic E-state index is -0.854. The second-order valence-electron chi connectivity index (χ2n) is 6.22. The third-order valence-corrected chi connectivity index (χ3v) is 6.41. The molecule has 1 saturated carbocycles. The van der Waals surface area contributed by atoms with Crippen LogP contribution in [0.4, 0.5) is 0 Å². The molecule has 22 heavy (non-hydrogen) atoms. The van der Waals surface area contributed by atoms with E-state index in [2.05, 4.69) is 0 Å². The SMILES string of the molecule is O=C(O)c1ccc2c(c1)SC(c1ccoc1)C2C1CCCC1. The van der Waals surface area contributed by atoms with Gasteiger partial charge >= 0.3 is 5.97 Å². The molecule has 4 rings (SSSR count). The number of carboxylic acid groups (broad SMARTS) is 1. The van der Waals surface area contributed by atoms with Crippen LogP contribution in [0, 0.1) is 5.92 Å². The molecule has 2 unspecified atom stereocenters. The van der Waals surface area contributed by atoms with Crippen LogP contribution in [0.2, 0.25) is 0 Å². The molecule has 0 amide bonds. The lowest BCUT2D eigenvalue weighted by Crippen LogP contribution is -2.12. The first-order valence-corrected chi connectivity index (χ1v) is 8.68. The van der Waals surface area contributed by atoms with Gasteiger partial charge in [0.25, 0.3) is 0 Å². The third kappa shape index (κ3) is 2.26. The Labute approximate surface area is 133 Å². The van der Waals surface area contributed by atoms with Gasteiger partial charge in [-0.25, -0.2) is 4.79 Å². The van der Waals surface area contributed by atoms with E-state index in [9.17, 15) is 9.90 Å². The van der Waals surface area contributed by atoms with Gasteiger partial charge in [0.2, 0.25) is 0 Å². The molecular formula is C18H18O3S. The summed E-state index contributed by atoms with van der Waals surface area (Å²) in [6, 6.07) is 7.67. The number of benzene rings is 1. The van der Waals surface area contributed by atoms with Crippen LogP contribution in [-0.2, 0) is 0 Å². The van der Waals surface area contributed by atoms with Gasteiger partial charge in [-0.05, 0) is 42.5 Å². The van der Waals surface area contributed by atoms with Crippen molar-refractivity contribution < 1.29 is 14.3 Å². The summed E-state index contributed by atoms with van der Waals surface area (Å²) in [6.07, 6.45) is 8.75. The predicted molar refractivity (Wildman–Crippen MR) is 85.4 cm³/mol. The number of fused-ring (bicyclic) bond motifs is 1. The van der Waals surface area contributed by atoms with Crippen LogP contribution in [-0.4, -0.2) is 11.1 Å². The average molecular weight is 314 g/mol. The molecular weight excluding hydrogens is 296 g/mol. The van der Waals surface area contributed by atoms with Crippen LogP contribution in [0.25, 0.3) is 0 Å². The molecule has 2 aromatic rings. The van der Waals surface area contributed by atoms with Crippen molar-refractivity contribution in [3.05, 3.63) is 53.5 Å². The Kier molecular flexibility index (Phi) is 3.49. The molecule has 3 nitrogen and oxygen atoms in total. The fourth-order valence-corrected chi connectivity index (χ4v) is 5.54. The maximum atomic E-state index is 11.2. The lowest BCUT2D eigenvalue weighted by molar-refractivity contribution is 0.0696. The number of carbonyl (C=O) groups is 1. The zero-order chi connectivity index (χ0) is 15.1. The van der Waals surface area contributed by atoms with Crippen molar-refractivity contribution >= 4 is 17.7 Å². The van der Waals surface area contributed by atoms with Gasteiger partial charge in [-0.3, -0.25) is 0 Å². The fourth-order valence-electron chi connectivity index (χ4n) is 3.95. The minimum absolute atomic E-state index is 0.348. The zero-order valence-corrected chi connectivity index (χ0v) is 13.0. The van der Waals surface area contributed by atoms with E-state index in [1.54, 1.807) is 24.1 Å². The molecule has 2 aliphatic rings. The van der Waals surface area contributed by atoms with Crippen molar-refractivity contribution in [1.82, 2.24) is 0 Å². The summed E-state index contributed by atoms with van der Waals surface area (Å²) >= 11 is 1.80. The van der Waals surface area contributed by atoms with Gasteiger partial charge in [-0.2, -0.15) is 0 Å². The molecule has 0 bridgehead atoms. The van der Waals surface area contributed by atoms with Crippen molar-refractivity contribution in [3.63, 3.8) is 0 Å². The lowest BCUT2D eigenvalue weighted by Gasteiger charge is -2.25. The molecule has 2 atom stereocenters. The van der Waals surface area contributed by atoms with Crippen LogP contribution < -0.4 is 0 Å². The highest BCUT2D eigenvalue weighted by Gasteiger charge is 2.40. The number of hydrogen-bond acceptors (Lipinski definition) is 3. The number of aromatic carboxylic acids is 1. The second kappa shape index (κ2) is 5.51. The Morgan fingerprint density at radius 1 is 1.23 bits per heavy atom. The van der Waals surface area contributed by atoms with E-state index in [4.69, 9.17) is 4.42 Å². The van der Waals surface area contributed by atoms with E-state index in [0.717, 1.165) is 4.90 Å². The standard InChI is InChI=1S/C18H18O3S/c19-18(20)12-5-6-14-15(9-12)22-17(13-7-8-21-10-13)16(14)11-3-1-2-4-11/h5-11,16-17H,1-4H2,(H,19,20). The Morgan fingerprint density at radius 3 is 2.73 bits per heavy atom. The summed E-state index contributed by atoms with van der Waals surface area (Å²) in [4.78, 5) is 12.4. The fraction of sp³-hybridized carbons (Fsp3) is 0.389. The highest BCUT2D eigenvalue weighted by atomic mass is 32.2. The summed E-state index contributed by atoms with van der Waals surface area (Å²) in [5, 5.41) is 9.57. The summed E-state index contributed by atoms with van der Waals surface area (Å²) in [6.45, 7) is 0. The second-order valence-corrected chi connectivity index (χ2v) is 7.41. The molecule has 2 heterocycles. The maximum absolute atomic E-state index is 11.2. The van der Waals surface area contributed by atoms with Gasteiger partial charge in [0.05, 0.1) is 18.1 Å². The van der Waals surface area contributed by atoms with Crippen LogP contribution in [0.3, 0.4) is 0 Å². The molecule has 1 aromatic carbocycles. The number of carboxylic acids is 1. The highest BCUT2D eigenvalue weighted by molar-refractivity contribution is 8.00. The minimum Gasteiger partial charge on any atom is -0.478 e. The Balaban J connectivity index is 1.76. The van der Waals surface area contributed by atoms with Crippen LogP contribution in [0.15, 0.2) is 46.1 Å². The third-order valence-electron chi connectivity index (χ3n) is 4.98. The summed E-state index contributed by atoms with van der Waals surface area (Å²) in [5.41, 5.74) is 2.92. The maximum Gasteiger partial charge on any atom is 0.335 e. The smallest absolute Gasteiger partial charge is 0.335 e. The van der Waals surface area contributed by atoms with Crippen molar-refractivity contribution in [2.75, 3.05) is 0 Å². The van der Waals surface area contributed by atoms with Gasteiger partial charge in [0.1, 0.15) is 0 Å². The number of rotatable bonds is 3. The molecule has 1 fully saturated rings. The number of hydrogen-bond donors (Lipinski definition) is 1. The molecule has 0 spiro atoms. The first-order chi connectivity index (χ1) is 10.7. The van der Waals surface area contributed by atoms with Crippen molar-refractivity contribution in [3.8, 4) is 0 Å². The van der Waals surface area contributed by atoms with Crippen molar-refractivity contribution in [2.24, 2.45) is 5.92 Å². The van der Waals surface area contributed by atoms with E-state index in [0.29, 0.717) is 22.6 Å². The van der Waals surface area contributed by atoms with E-state index < -0.39 is 5.97 Å². The van der Waals surface area contributed by atoms with Crippen molar-refractivity contribution in [2.45, 2.75) is 41.7 Å². The lowest BCUT2D eigenvalue weighted by atomic mass is 9.81. The first-order valence-electron chi connectivity index (χ1n) is 7.80. The summed E-state index contributed by atoms with van der Waals surface area (Å²) in [5.74, 6) is 0.319. The first kappa shape index (κ1) is 13.9. The number of furan rings is 1. The van der Waals surface area contributed by atoms with Gasteiger partial charge in [-0.1, -0.05) is 18.9 Å². The van der Waals surface area contributed by atoms with Gasteiger partial charge < -0.3 is 9.52 Å². The molecule has 1 aromatic heterocycles. The summed E-state index contributed by atoms with van der Waals surface area (Å²) in [7, 11) is 0. The van der Waals surface area contributed by atoms with Gasteiger partial charge in [-0.15, -0.1) is 11.8 Å². The summed E-state index contributed by atoms with van der Waals surface area (Å²) < 4.78 is 5.29. The normalized spacial score (nSPS) is 24.5. The molecule has 4 heteroatoms. The molecule has 1 aliphatic carbocycles. The van der Waals surface area contributed by atoms with E-state index in [1.165, 1.54) is 36.8 Å². The zero-order valence-electron chi connectivity index (χ0n) is 12.2. The van der Waals surface area contributed by atoms with E-state index in [-0.39, 0.29) is 0 Å². The van der Waals surface area contributed by atoms with Crippen LogP contribution >= 0.6 is 11.8 Å². The molecule has 1 aliphatic heterocycles. The van der Waals surface area contributed by atoms with Gasteiger partial charge in [0.15, 0.2) is 0 Å². The van der Waals surface area contributed by atoms with E-state index >= 15 is 0 Å².